The van der Waals surface area contributed by atoms with Crippen molar-refractivity contribution in [2.45, 2.75) is 129 Å². The smallest absolute Gasteiger partial charge is 0.0466 e. The molecule has 0 bridgehead atoms. The minimum atomic E-state index is 0.815. The van der Waals surface area contributed by atoms with Crippen molar-refractivity contribution in [1.29, 1.82) is 0 Å². The second kappa shape index (κ2) is 19.7. The zero-order valence-corrected chi connectivity index (χ0v) is 19.4. The lowest BCUT2D eigenvalue weighted by Gasteiger charge is -2.07. The molecule has 0 aromatic rings. The van der Waals surface area contributed by atoms with Gasteiger partial charge in [-0.05, 0) is 50.9 Å². The van der Waals surface area contributed by atoms with Gasteiger partial charge in [-0.2, -0.15) is 0 Å². The highest BCUT2D eigenvalue weighted by molar-refractivity contribution is 5.21. The van der Waals surface area contributed by atoms with Gasteiger partial charge in [-0.3, -0.25) is 0 Å². The van der Waals surface area contributed by atoms with Gasteiger partial charge in [0.1, 0.15) is 0 Å². The minimum absolute atomic E-state index is 0.815. The number of ether oxygens (including phenoxy) is 1. The molecule has 0 saturated carbocycles. The zero-order chi connectivity index (χ0) is 20.1. The Morgan fingerprint density at radius 1 is 0.679 bits per heavy atom. The van der Waals surface area contributed by atoms with E-state index in [1.54, 1.807) is 5.57 Å². The van der Waals surface area contributed by atoms with Crippen molar-refractivity contribution in [3.05, 3.63) is 23.8 Å². The van der Waals surface area contributed by atoms with Gasteiger partial charge < -0.3 is 4.74 Å². The van der Waals surface area contributed by atoms with Crippen molar-refractivity contribution < 1.29 is 4.74 Å². The SMILES string of the molecule is CC(C)CCCOCCCCCCCCCCCCCCCC1=CCCC=C1. The fourth-order valence-electron chi connectivity index (χ4n) is 4.03. The molecular formula is C27H50O. The van der Waals surface area contributed by atoms with Crippen molar-refractivity contribution in [2.24, 2.45) is 5.92 Å². The van der Waals surface area contributed by atoms with E-state index < -0.39 is 0 Å². The van der Waals surface area contributed by atoms with Crippen LogP contribution in [0.1, 0.15) is 129 Å². The van der Waals surface area contributed by atoms with E-state index >= 15 is 0 Å². The molecule has 0 fully saturated rings. The normalized spacial score (nSPS) is 14.0. The Labute approximate surface area is 177 Å². The number of hydrogen-bond donors (Lipinski definition) is 0. The zero-order valence-electron chi connectivity index (χ0n) is 19.4. The third kappa shape index (κ3) is 17.5. The van der Waals surface area contributed by atoms with Crippen molar-refractivity contribution in [3.8, 4) is 0 Å². The summed E-state index contributed by atoms with van der Waals surface area (Å²) in [5.74, 6) is 0.815. The fraction of sp³-hybridized carbons (Fsp3) is 0.852. The maximum Gasteiger partial charge on any atom is 0.0466 e. The molecule has 1 aliphatic rings. The van der Waals surface area contributed by atoms with Crippen molar-refractivity contribution >= 4 is 0 Å². The first-order chi connectivity index (χ1) is 13.8. The molecule has 0 aromatic heterocycles. The van der Waals surface area contributed by atoms with E-state index in [4.69, 9.17) is 4.74 Å². The van der Waals surface area contributed by atoms with Crippen molar-refractivity contribution in [1.82, 2.24) is 0 Å². The van der Waals surface area contributed by atoms with Crippen LogP contribution in [0, 0.1) is 5.92 Å². The van der Waals surface area contributed by atoms with E-state index in [1.807, 2.05) is 0 Å². The Kier molecular flexibility index (Phi) is 18.0. The van der Waals surface area contributed by atoms with Crippen LogP contribution in [-0.2, 0) is 4.74 Å². The van der Waals surface area contributed by atoms with E-state index in [0.717, 1.165) is 19.1 Å². The van der Waals surface area contributed by atoms with Gasteiger partial charge in [0.05, 0.1) is 0 Å². The molecule has 0 amide bonds. The van der Waals surface area contributed by atoms with E-state index in [0.29, 0.717) is 0 Å². The molecule has 1 aliphatic carbocycles. The Hall–Kier alpha value is -0.560. The summed E-state index contributed by atoms with van der Waals surface area (Å²) in [6.45, 7) is 6.52. The third-order valence-corrected chi connectivity index (χ3v) is 5.90. The molecule has 0 spiro atoms. The van der Waals surface area contributed by atoms with Gasteiger partial charge in [-0.25, -0.2) is 0 Å². The maximum absolute atomic E-state index is 5.72. The predicted octanol–water partition coefficient (Wildman–Crippen LogP) is 9.18. The highest BCUT2D eigenvalue weighted by Crippen LogP contribution is 2.18. The predicted molar refractivity (Wildman–Crippen MR) is 126 cm³/mol. The Morgan fingerprint density at radius 3 is 1.75 bits per heavy atom. The van der Waals surface area contributed by atoms with E-state index in [9.17, 15) is 0 Å². The molecule has 28 heavy (non-hydrogen) atoms. The van der Waals surface area contributed by atoms with Gasteiger partial charge in [0.25, 0.3) is 0 Å². The fourth-order valence-corrected chi connectivity index (χ4v) is 4.03. The molecule has 1 nitrogen and oxygen atoms in total. The van der Waals surface area contributed by atoms with Gasteiger partial charge in [-0.1, -0.05) is 108 Å². The molecule has 0 radical (unpaired) electrons. The van der Waals surface area contributed by atoms with Crippen molar-refractivity contribution in [2.75, 3.05) is 13.2 Å². The summed E-state index contributed by atoms with van der Waals surface area (Å²) in [6, 6.07) is 0. The van der Waals surface area contributed by atoms with Crippen LogP contribution in [0.4, 0.5) is 0 Å². The Morgan fingerprint density at radius 2 is 1.21 bits per heavy atom. The second-order valence-corrected chi connectivity index (χ2v) is 9.25. The maximum atomic E-state index is 5.72. The van der Waals surface area contributed by atoms with Crippen LogP contribution in [-0.4, -0.2) is 13.2 Å². The van der Waals surface area contributed by atoms with Gasteiger partial charge in [0.15, 0.2) is 0 Å². The van der Waals surface area contributed by atoms with Gasteiger partial charge in [0.2, 0.25) is 0 Å². The van der Waals surface area contributed by atoms with Crippen molar-refractivity contribution in [3.63, 3.8) is 0 Å². The molecule has 0 aromatic carbocycles. The molecule has 0 saturated heterocycles. The summed E-state index contributed by atoms with van der Waals surface area (Å²) in [5.41, 5.74) is 1.58. The van der Waals surface area contributed by atoms with Crippen LogP contribution in [0.25, 0.3) is 0 Å². The van der Waals surface area contributed by atoms with Gasteiger partial charge in [-0.15, -0.1) is 0 Å². The topological polar surface area (TPSA) is 9.23 Å². The average Bonchev–Trinajstić information content (AvgIpc) is 2.70. The summed E-state index contributed by atoms with van der Waals surface area (Å²) < 4.78 is 5.72. The molecular weight excluding hydrogens is 340 g/mol. The van der Waals surface area contributed by atoms with E-state index in [2.05, 4.69) is 32.1 Å². The van der Waals surface area contributed by atoms with Crippen LogP contribution >= 0.6 is 0 Å². The first-order valence-electron chi connectivity index (χ1n) is 12.7. The standard InChI is InChI=1S/C27H50O/c1-26(2)20-19-25-28-24-18-13-11-9-7-5-3-4-6-8-10-12-15-21-27-22-16-14-17-23-27/h16,22-23,26H,3-15,17-21,24-25H2,1-2H3. The quantitative estimate of drug-likeness (QED) is 0.188. The first-order valence-corrected chi connectivity index (χ1v) is 12.7. The summed E-state index contributed by atoms with van der Waals surface area (Å²) >= 11 is 0. The molecule has 1 rings (SSSR count). The monoisotopic (exact) mass is 390 g/mol. The minimum Gasteiger partial charge on any atom is -0.381 e. The molecule has 0 atom stereocenters. The molecule has 0 aliphatic heterocycles. The third-order valence-electron chi connectivity index (χ3n) is 5.90. The first kappa shape index (κ1) is 25.5. The Bertz CT molecular complexity index is 380. The highest BCUT2D eigenvalue weighted by Gasteiger charge is 1.98. The summed E-state index contributed by atoms with van der Waals surface area (Å²) in [6.07, 6.45) is 31.9. The Balaban J connectivity index is 1.67. The second-order valence-electron chi connectivity index (χ2n) is 9.25. The lowest BCUT2D eigenvalue weighted by atomic mass is 10.00. The molecule has 164 valence electrons. The highest BCUT2D eigenvalue weighted by atomic mass is 16.5. The van der Waals surface area contributed by atoms with E-state index in [-0.39, 0.29) is 0 Å². The lowest BCUT2D eigenvalue weighted by Crippen LogP contribution is -1.99. The number of hydrogen-bond acceptors (Lipinski definition) is 1. The summed E-state index contributed by atoms with van der Waals surface area (Å²) in [4.78, 5) is 0. The summed E-state index contributed by atoms with van der Waals surface area (Å²) in [5, 5.41) is 0. The summed E-state index contributed by atoms with van der Waals surface area (Å²) in [7, 11) is 0. The van der Waals surface area contributed by atoms with E-state index in [1.165, 1.54) is 116 Å². The van der Waals surface area contributed by atoms with Crippen LogP contribution < -0.4 is 0 Å². The average molecular weight is 391 g/mol. The van der Waals surface area contributed by atoms with Crippen LogP contribution in [0.5, 0.6) is 0 Å². The van der Waals surface area contributed by atoms with Gasteiger partial charge in [0, 0.05) is 13.2 Å². The van der Waals surface area contributed by atoms with Gasteiger partial charge >= 0.3 is 0 Å². The van der Waals surface area contributed by atoms with Crippen LogP contribution in [0.15, 0.2) is 23.8 Å². The number of unbranched alkanes of at least 4 members (excludes halogenated alkanes) is 12. The number of rotatable bonds is 20. The number of allylic oxidation sites excluding steroid dienone is 4. The largest absolute Gasteiger partial charge is 0.381 e. The molecule has 0 N–H and O–H groups in total. The molecule has 0 unspecified atom stereocenters. The van der Waals surface area contributed by atoms with Crippen LogP contribution in [0.3, 0.4) is 0 Å². The van der Waals surface area contributed by atoms with Crippen LogP contribution in [0.2, 0.25) is 0 Å². The molecule has 0 heterocycles. The lowest BCUT2D eigenvalue weighted by molar-refractivity contribution is 0.124. The molecule has 1 heteroatoms.